The van der Waals surface area contributed by atoms with E-state index in [0.717, 1.165) is 32.0 Å². The van der Waals surface area contributed by atoms with Gasteiger partial charge in [0.15, 0.2) is 0 Å². The number of nitrogens with two attached hydrogens (primary N) is 1. The summed E-state index contributed by atoms with van der Waals surface area (Å²) < 4.78 is 5.31. The van der Waals surface area contributed by atoms with Gasteiger partial charge in [0.1, 0.15) is 0 Å². The number of hydrogen-bond acceptors (Lipinski definition) is 3. The normalized spacial score (nSPS) is 27.5. The topological polar surface area (TPSA) is 38.5 Å². The minimum absolute atomic E-state index is 0.240. The van der Waals surface area contributed by atoms with E-state index in [4.69, 9.17) is 10.5 Å². The average Bonchev–Trinajstić information content (AvgIpc) is 3.33. The van der Waals surface area contributed by atoms with Gasteiger partial charge in [0, 0.05) is 19.7 Å². The van der Waals surface area contributed by atoms with Gasteiger partial charge in [-0.2, -0.15) is 0 Å². The molecular formula is C18H28N2O. The van der Waals surface area contributed by atoms with Crippen LogP contribution in [0.1, 0.15) is 55.2 Å². The van der Waals surface area contributed by atoms with Crippen molar-refractivity contribution < 1.29 is 4.74 Å². The second-order valence-corrected chi connectivity index (χ2v) is 6.54. The average molecular weight is 288 g/mol. The summed E-state index contributed by atoms with van der Waals surface area (Å²) in [7, 11) is 1.78. The summed E-state index contributed by atoms with van der Waals surface area (Å²) in [5.74, 6) is 0.779. The fraction of sp³-hybridized carbons (Fsp3) is 0.667. The van der Waals surface area contributed by atoms with Gasteiger partial charge in [0.2, 0.25) is 0 Å². The quantitative estimate of drug-likeness (QED) is 0.905. The van der Waals surface area contributed by atoms with E-state index in [2.05, 4.69) is 29.2 Å². The molecule has 0 radical (unpaired) electrons. The summed E-state index contributed by atoms with van der Waals surface area (Å²) in [4.78, 5) is 2.56. The van der Waals surface area contributed by atoms with Gasteiger partial charge in [-0.05, 0) is 49.3 Å². The molecule has 2 atom stereocenters. The van der Waals surface area contributed by atoms with Crippen molar-refractivity contribution in [3.05, 3.63) is 35.4 Å². The van der Waals surface area contributed by atoms with Crippen molar-refractivity contribution >= 4 is 0 Å². The molecule has 1 aromatic rings. The van der Waals surface area contributed by atoms with Crippen LogP contribution in [0.2, 0.25) is 0 Å². The van der Waals surface area contributed by atoms with Gasteiger partial charge in [-0.1, -0.05) is 30.7 Å². The zero-order valence-electron chi connectivity index (χ0n) is 13.1. The van der Waals surface area contributed by atoms with Gasteiger partial charge < -0.3 is 10.5 Å². The molecule has 1 saturated carbocycles. The fourth-order valence-corrected chi connectivity index (χ4v) is 3.70. The Bertz CT molecular complexity index is 458. The van der Waals surface area contributed by atoms with E-state index >= 15 is 0 Å². The third kappa shape index (κ3) is 3.47. The first-order valence-corrected chi connectivity index (χ1v) is 8.38. The summed E-state index contributed by atoms with van der Waals surface area (Å²) in [6, 6.07) is 9.58. The third-order valence-electron chi connectivity index (χ3n) is 4.95. The molecule has 2 N–H and O–H groups in total. The van der Waals surface area contributed by atoms with E-state index < -0.39 is 0 Å². The highest BCUT2D eigenvalue weighted by Crippen LogP contribution is 2.44. The number of benzene rings is 1. The van der Waals surface area contributed by atoms with Crippen molar-refractivity contribution in [1.29, 1.82) is 0 Å². The summed E-state index contributed by atoms with van der Waals surface area (Å²) in [5, 5.41) is 0. The Morgan fingerprint density at radius 3 is 2.62 bits per heavy atom. The predicted molar refractivity (Wildman–Crippen MR) is 86.4 cm³/mol. The molecule has 0 amide bonds. The standard InChI is InChI=1S/C18H28N2O/c1-21-13-12-20-11-5-4-8-17(19)18(20)16-7-3-2-6-15(16)14-9-10-14/h2-3,6-7,14,17-18H,4-5,8-13,19H2,1H3. The molecule has 116 valence electrons. The Morgan fingerprint density at radius 1 is 1.14 bits per heavy atom. The second-order valence-electron chi connectivity index (χ2n) is 6.54. The van der Waals surface area contributed by atoms with Gasteiger partial charge in [0.25, 0.3) is 0 Å². The zero-order valence-corrected chi connectivity index (χ0v) is 13.1. The second kappa shape index (κ2) is 6.91. The van der Waals surface area contributed by atoms with Crippen LogP contribution in [-0.2, 0) is 4.74 Å². The van der Waals surface area contributed by atoms with Crippen LogP contribution in [0.25, 0.3) is 0 Å². The largest absolute Gasteiger partial charge is 0.383 e. The highest BCUT2D eigenvalue weighted by Gasteiger charge is 2.33. The van der Waals surface area contributed by atoms with Gasteiger partial charge in [-0.3, -0.25) is 4.90 Å². The first-order valence-electron chi connectivity index (χ1n) is 8.38. The maximum atomic E-state index is 6.58. The van der Waals surface area contributed by atoms with Crippen molar-refractivity contribution in [2.45, 2.75) is 50.1 Å². The Kier molecular flexibility index (Phi) is 4.94. The van der Waals surface area contributed by atoms with Crippen molar-refractivity contribution in [2.75, 3.05) is 26.8 Å². The van der Waals surface area contributed by atoms with Gasteiger partial charge in [-0.25, -0.2) is 0 Å². The van der Waals surface area contributed by atoms with Crippen LogP contribution in [0.4, 0.5) is 0 Å². The molecule has 0 aromatic heterocycles. The maximum absolute atomic E-state index is 6.58. The lowest BCUT2D eigenvalue weighted by Gasteiger charge is -2.35. The Morgan fingerprint density at radius 2 is 1.90 bits per heavy atom. The minimum Gasteiger partial charge on any atom is -0.383 e. The first-order chi connectivity index (χ1) is 10.3. The summed E-state index contributed by atoms with van der Waals surface area (Å²) in [6.07, 6.45) is 6.31. The lowest BCUT2D eigenvalue weighted by atomic mass is 9.90. The number of methoxy groups -OCH3 is 1. The molecule has 0 spiro atoms. The molecule has 3 rings (SSSR count). The predicted octanol–water partition coefficient (Wildman–Crippen LogP) is 3.06. The van der Waals surface area contributed by atoms with E-state index in [9.17, 15) is 0 Å². The van der Waals surface area contributed by atoms with E-state index in [1.165, 1.54) is 31.2 Å². The SMILES string of the molecule is COCCN1CCCCC(N)C1c1ccccc1C1CC1. The number of likely N-dealkylation sites (tertiary alicyclic amines) is 1. The van der Waals surface area contributed by atoms with E-state index in [1.54, 1.807) is 12.7 Å². The molecule has 1 aromatic carbocycles. The molecule has 3 heteroatoms. The third-order valence-corrected chi connectivity index (χ3v) is 4.95. The molecule has 3 nitrogen and oxygen atoms in total. The highest BCUT2D eigenvalue weighted by molar-refractivity contribution is 5.36. The highest BCUT2D eigenvalue weighted by atomic mass is 16.5. The number of hydrogen-bond donors (Lipinski definition) is 1. The van der Waals surface area contributed by atoms with Crippen LogP contribution in [-0.4, -0.2) is 37.7 Å². The molecule has 0 bridgehead atoms. The maximum Gasteiger partial charge on any atom is 0.0589 e. The first kappa shape index (κ1) is 15.0. The van der Waals surface area contributed by atoms with Crippen LogP contribution in [0.5, 0.6) is 0 Å². The van der Waals surface area contributed by atoms with E-state index in [1.807, 2.05) is 0 Å². The van der Waals surface area contributed by atoms with E-state index in [0.29, 0.717) is 6.04 Å². The van der Waals surface area contributed by atoms with Crippen LogP contribution >= 0.6 is 0 Å². The number of nitrogens with zero attached hydrogens (tertiary/aromatic N) is 1. The monoisotopic (exact) mass is 288 g/mol. The Labute approximate surface area is 128 Å². The van der Waals surface area contributed by atoms with Crippen LogP contribution < -0.4 is 5.73 Å². The van der Waals surface area contributed by atoms with Crippen molar-refractivity contribution in [3.63, 3.8) is 0 Å². The van der Waals surface area contributed by atoms with E-state index in [-0.39, 0.29) is 6.04 Å². The lowest BCUT2D eigenvalue weighted by molar-refractivity contribution is 0.114. The lowest BCUT2D eigenvalue weighted by Crippen LogP contribution is -2.41. The van der Waals surface area contributed by atoms with Crippen molar-refractivity contribution in [3.8, 4) is 0 Å². The Balaban J connectivity index is 1.90. The number of ether oxygens (including phenoxy) is 1. The molecular weight excluding hydrogens is 260 g/mol. The minimum atomic E-state index is 0.240. The van der Waals surface area contributed by atoms with Gasteiger partial charge >= 0.3 is 0 Å². The van der Waals surface area contributed by atoms with Gasteiger partial charge in [0.05, 0.1) is 12.6 Å². The smallest absolute Gasteiger partial charge is 0.0589 e. The van der Waals surface area contributed by atoms with Crippen molar-refractivity contribution in [2.24, 2.45) is 5.73 Å². The molecule has 2 unspecified atom stereocenters. The zero-order chi connectivity index (χ0) is 14.7. The van der Waals surface area contributed by atoms with Crippen molar-refractivity contribution in [1.82, 2.24) is 4.90 Å². The molecule has 1 heterocycles. The summed E-state index contributed by atoms with van der Waals surface area (Å²) in [5.41, 5.74) is 9.60. The molecule has 1 aliphatic heterocycles. The fourth-order valence-electron chi connectivity index (χ4n) is 3.70. The van der Waals surface area contributed by atoms with Gasteiger partial charge in [-0.15, -0.1) is 0 Å². The summed E-state index contributed by atoms with van der Waals surface area (Å²) in [6.45, 7) is 2.91. The molecule has 21 heavy (non-hydrogen) atoms. The molecule has 2 aliphatic rings. The number of rotatable bonds is 5. The summed E-state index contributed by atoms with van der Waals surface area (Å²) >= 11 is 0. The van der Waals surface area contributed by atoms with Crippen LogP contribution in [0, 0.1) is 0 Å². The molecule has 2 fully saturated rings. The molecule has 1 aliphatic carbocycles. The molecule has 1 saturated heterocycles. The van der Waals surface area contributed by atoms with Crippen LogP contribution in [0.3, 0.4) is 0 Å². The Hall–Kier alpha value is -0.900. The van der Waals surface area contributed by atoms with Crippen LogP contribution in [0.15, 0.2) is 24.3 Å².